The van der Waals surface area contributed by atoms with E-state index >= 15 is 0 Å². The molecular weight excluding hydrogens is 347 g/mol. The zero-order valence-corrected chi connectivity index (χ0v) is 14.9. The van der Waals surface area contributed by atoms with Crippen LogP contribution in [0.1, 0.15) is 23.2 Å². The van der Waals surface area contributed by atoms with Crippen molar-refractivity contribution in [1.29, 1.82) is 0 Å². The molecule has 1 atom stereocenters. The fraction of sp³-hybridized carbons (Fsp3) is 0.529. The minimum absolute atomic E-state index is 0.0188. The van der Waals surface area contributed by atoms with Gasteiger partial charge in [-0.25, -0.2) is 4.39 Å². The number of hydrogen-bond acceptors (Lipinski definition) is 4. The molecule has 1 aromatic carbocycles. The van der Waals surface area contributed by atoms with Crippen molar-refractivity contribution in [3.05, 3.63) is 35.6 Å². The van der Waals surface area contributed by atoms with E-state index in [4.69, 9.17) is 4.74 Å². The largest absolute Gasteiger partial charge is 0.383 e. The van der Waals surface area contributed by atoms with Crippen molar-refractivity contribution in [2.24, 2.45) is 0 Å². The van der Waals surface area contributed by atoms with Gasteiger partial charge in [-0.1, -0.05) is 12.1 Å². The van der Waals surface area contributed by atoms with Gasteiger partial charge < -0.3 is 14.5 Å². The number of benzene rings is 1. The summed E-state index contributed by atoms with van der Waals surface area (Å²) in [6.07, 6.45) is 0.852. The Morgan fingerprint density at radius 1 is 1.32 bits per heavy atom. The maximum absolute atomic E-state index is 13.8. The van der Waals surface area contributed by atoms with Gasteiger partial charge in [-0.2, -0.15) is 0 Å². The third-order valence-electron chi connectivity index (χ3n) is 4.93. The zero-order valence-electron chi connectivity index (χ0n) is 14.1. The number of piperidine rings is 1. The van der Waals surface area contributed by atoms with Crippen molar-refractivity contribution in [2.45, 2.75) is 17.7 Å². The quantitative estimate of drug-likeness (QED) is 0.795. The van der Waals surface area contributed by atoms with E-state index in [1.165, 1.54) is 18.2 Å². The number of ether oxygens (including phenoxy) is 1. The van der Waals surface area contributed by atoms with Crippen molar-refractivity contribution in [3.63, 3.8) is 0 Å². The van der Waals surface area contributed by atoms with Crippen LogP contribution in [0.3, 0.4) is 0 Å². The molecular formula is C17H21FN2O4S. The Morgan fingerprint density at radius 3 is 2.64 bits per heavy atom. The first kappa shape index (κ1) is 18.0. The van der Waals surface area contributed by atoms with E-state index in [2.05, 4.69) is 0 Å². The highest BCUT2D eigenvalue weighted by Crippen LogP contribution is 2.37. The van der Waals surface area contributed by atoms with E-state index in [0.29, 0.717) is 39.1 Å². The van der Waals surface area contributed by atoms with E-state index in [-0.39, 0.29) is 23.1 Å². The van der Waals surface area contributed by atoms with Crippen molar-refractivity contribution in [3.8, 4) is 0 Å². The number of carbonyl (C=O) groups is 2. The summed E-state index contributed by atoms with van der Waals surface area (Å²) < 4.78 is 31.5. The lowest BCUT2D eigenvalue weighted by molar-refractivity contribution is -0.131. The smallest absolute Gasteiger partial charge is 0.256 e. The van der Waals surface area contributed by atoms with Crippen LogP contribution in [0.15, 0.2) is 24.3 Å². The predicted octanol–water partition coefficient (Wildman–Crippen LogP) is 0.995. The Hall–Kier alpha value is -1.80. The molecule has 1 spiro atoms. The highest BCUT2D eigenvalue weighted by molar-refractivity contribution is 7.87. The maximum atomic E-state index is 13.8. The van der Waals surface area contributed by atoms with Gasteiger partial charge in [-0.15, -0.1) is 0 Å². The second-order valence-electron chi connectivity index (χ2n) is 6.25. The minimum atomic E-state index is -1.30. The molecule has 1 aromatic rings. The van der Waals surface area contributed by atoms with Crippen molar-refractivity contribution >= 4 is 22.6 Å². The van der Waals surface area contributed by atoms with Gasteiger partial charge in [0.1, 0.15) is 16.4 Å². The topological polar surface area (TPSA) is 66.9 Å². The van der Waals surface area contributed by atoms with Crippen molar-refractivity contribution in [2.75, 3.05) is 39.1 Å². The van der Waals surface area contributed by atoms with Crippen LogP contribution < -0.4 is 0 Å². The first-order valence-electron chi connectivity index (χ1n) is 8.21. The molecule has 2 aliphatic heterocycles. The molecule has 2 aliphatic rings. The van der Waals surface area contributed by atoms with Gasteiger partial charge in [0, 0.05) is 39.6 Å². The molecule has 6 nitrogen and oxygen atoms in total. The summed E-state index contributed by atoms with van der Waals surface area (Å²) in [5.74, 6) is -1.03. The van der Waals surface area contributed by atoms with Gasteiger partial charge in [0.25, 0.3) is 5.91 Å². The van der Waals surface area contributed by atoms with Gasteiger partial charge in [0.15, 0.2) is 0 Å². The molecule has 3 rings (SSSR count). The fourth-order valence-electron chi connectivity index (χ4n) is 3.55. The standard InChI is InChI=1S/C17H21FN2O4S/c1-24-11-10-20-15(21)12-25(23)17(20)6-8-19(9-7-17)16(22)13-4-2-3-5-14(13)18/h2-5H,6-12H2,1H3. The van der Waals surface area contributed by atoms with Crippen LogP contribution in [0, 0.1) is 5.82 Å². The average Bonchev–Trinajstić information content (AvgIpc) is 2.83. The molecule has 2 saturated heterocycles. The highest BCUT2D eigenvalue weighted by Gasteiger charge is 2.53. The normalized spacial score (nSPS) is 22.6. The summed E-state index contributed by atoms with van der Waals surface area (Å²) in [4.78, 5) is 27.2. The SMILES string of the molecule is COCCN1C(=O)CS(=O)C12CCN(C(=O)c1ccccc1F)CC2. The Balaban J connectivity index is 1.74. The lowest BCUT2D eigenvalue weighted by Crippen LogP contribution is -2.56. The van der Waals surface area contributed by atoms with Crippen LogP contribution in [0.5, 0.6) is 0 Å². The van der Waals surface area contributed by atoms with Gasteiger partial charge >= 0.3 is 0 Å². The summed E-state index contributed by atoms with van der Waals surface area (Å²) in [5, 5.41) is 0. The zero-order chi connectivity index (χ0) is 18.0. The summed E-state index contributed by atoms with van der Waals surface area (Å²) in [6.45, 7) is 1.45. The summed E-state index contributed by atoms with van der Waals surface area (Å²) >= 11 is 0. The third kappa shape index (κ3) is 3.20. The monoisotopic (exact) mass is 368 g/mol. The van der Waals surface area contributed by atoms with Gasteiger partial charge in [-0.05, 0) is 12.1 Å². The Labute approximate surface area is 148 Å². The first-order valence-corrected chi connectivity index (χ1v) is 9.53. The fourth-order valence-corrected chi connectivity index (χ4v) is 5.27. The molecule has 2 amide bonds. The summed E-state index contributed by atoms with van der Waals surface area (Å²) in [7, 11) is 0.256. The molecule has 0 aliphatic carbocycles. The Morgan fingerprint density at radius 2 is 2.00 bits per heavy atom. The number of carbonyl (C=O) groups excluding carboxylic acids is 2. The predicted molar refractivity (Wildman–Crippen MR) is 90.9 cm³/mol. The van der Waals surface area contributed by atoms with E-state index in [9.17, 15) is 18.2 Å². The number of rotatable bonds is 4. The van der Waals surface area contributed by atoms with Crippen LogP contribution >= 0.6 is 0 Å². The molecule has 2 heterocycles. The van der Waals surface area contributed by atoms with Gasteiger partial charge in [0.05, 0.1) is 23.0 Å². The second-order valence-corrected chi connectivity index (χ2v) is 7.99. The lowest BCUT2D eigenvalue weighted by Gasteiger charge is -2.43. The molecule has 0 bridgehead atoms. The number of amides is 2. The van der Waals surface area contributed by atoms with Crippen molar-refractivity contribution < 1.29 is 22.9 Å². The number of methoxy groups -OCH3 is 1. The minimum Gasteiger partial charge on any atom is -0.383 e. The molecule has 2 fully saturated rings. The Bertz CT molecular complexity index is 704. The number of halogens is 1. The average molecular weight is 368 g/mol. The second kappa shape index (κ2) is 7.21. The van der Waals surface area contributed by atoms with E-state index in [1.807, 2.05) is 0 Å². The van der Waals surface area contributed by atoms with Crippen LogP contribution in [-0.4, -0.2) is 69.8 Å². The number of nitrogens with zero attached hydrogens (tertiary/aromatic N) is 2. The van der Waals surface area contributed by atoms with E-state index < -0.39 is 21.5 Å². The molecule has 8 heteroatoms. The molecule has 0 saturated carbocycles. The highest BCUT2D eigenvalue weighted by atomic mass is 32.2. The molecule has 0 aromatic heterocycles. The first-order chi connectivity index (χ1) is 12.0. The third-order valence-corrected chi connectivity index (χ3v) is 6.91. The number of hydrogen-bond donors (Lipinski definition) is 0. The van der Waals surface area contributed by atoms with Crippen LogP contribution in [0.2, 0.25) is 0 Å². The van der Waals surface area contributed by atoms with Gasteiger partial charge in [-0.3, -0.25) is 13.8 Å². The van der Waals surface area contributed by atoms with Crippen molar-refractivity contribution in [1.82, 2.24) is 9.80 Å². The van der Waals surface area contributed by atoms with Gasteiger partial charge in [0.2, 0.25) is 5.91 Å². The maximum Gasteiger partial charge on any atom is 0.256 e. The molecule has 1 unspecified atom stereocenters. The molecule has 25 heavy (non-hydrogen) atoms. The summed E-state index contributed by atoms with van der Waals surface area (Å²) in [5.41, 5.74) is 0.0401. The number of likely N-dealkylation sites (tertiary alicyclic amines) is 1. The van der Waals surface area contributed by atoms with E-state index in [0.717, 1.165) is 0 Å². The summed E-state index contributed by atoms with van der Waals surface area (Å²) in [6, 6.07) is 5.89. The van der Waals surface area contributed by atoms with Crippen LogP contribution in [0.25, 0.3) is 0 Å². The molecule has 0 radical (unpaired) electrons. The Kier molecular flexibility index (Phi) is 5.19. The molecule has 0 N–H and O–H groups in total. The lowest BCUT2D eigenvalue weighted by atomic mass is 10.0. The van der Waals surface area contributed by atoms with Crippen LogP contribution in [-0.2, 0) is 20.3 Å². The molecule has 136 valence electrons. The van der Waals surface area contributed by atoms with Crippen LogP contribution in [0.4, 0.5) is 4.39 Å². The van der Waals surface area contributed by atoms with E-state index in [1.54, 1.807) is 23.0 Å².